The Balaban J connectivity index is 2.66. The van der Waals surface area contributed by atoms with E-state index in [1.54, 1.807) is 26.0 Å². The molecule has 3 nitrogen and oxygen atoms in total. The molecule has 0 spiro atoms. The van der Waals surface area contributed by atoms with Gasteiger partial charge < -0.3 is 10.4 Å². The summed E-state index contributed by atoms with van der Waals surface area (Å²) in [6, 6.07) is 3.28. The Morgan fingerprint density at radius 1 is 1.22 bits per heavy atom. The van der Waals surface area contributed by atoms with Crippen LogP contribution in [0.4, 0.5) is 0 Å². The van der Waals surface area contributed by atoms with Crippen LogP contribution in [-0.4, -0.2) is 16.6 Å². The number of amides is 1. The van der Waals surface area contributed by atoms with Crippen LogP contribution in [-0.2, 0) is 4.79 Å². The third kappa shape index (κ3) is 1.98. The zero-order chi connectivity index (χ0) is 13.7. The van der Waals surface area contributed by atoms with Gasteiger partial charge in [-0.1, -0.05) is 23.2 Å². The normalized spacial score (nSPS) is 18.2. The van der Waals surface area contributed by atoms with Crippen LogP contribution in [0, 0.1) is 6.92 Å². The summed E-state index contributed by atoms with van der Waals surface area (Å²) in [7, 11) is 0. The van der Waals surface area contributed by atoms with Crippen LogP contribution in [0.25, 0.3) is 5.57 Å². The fraction of sp³-hybridized carbons (Fsp3) is 0.308. The number of nitrogens with one attached hydrogen (secondary N) is 1. The number of aliphatic hydroxyl groups is 1. The van der Waals surface area contributed by atoms with E-state index in [4.69, 9.17) is 23.2 Å². The maximum atomic E-state index is 11.9. The first kappa shape index (κ1) is 13.2. The van der Waals surface area contributed by atoms with E-state index >= 15 is 0 Å². The molecule has 0 bridgehead atoms. The SMILES string of the molecule is Cc1cc(Cl)c(C2=C(O)C(C)(C)NC2=O)cc1Cl. The van der Waals surface area contributed by atoms with Crippen molar-refractivity contribution < 1.29 is 9.90 Å². The molecule has 0 unspecified atom stereocenters. The fourth-order valence-corrected chi connectivity index (χ4v) is 2.39. The van der Waals surface area contributed by atoms with Crippen molar-refractivity contribution in [3.63, 3.8) is 0 Å². The lowest BCUT2D eigenvalue weighted by atomic mass is 9.99. The molecule has 1 aliphatic rings. The number of benzene rings is 1. The Hall–Kier alpha value is -1.19. The van der Waals surface area contributed by atoms with Gasteiger partial charge in [0.25, 0.3) is 5.91 Å². The maximum Gasteiger partial charge on any atom is 0.256 e. The second-order valence-corrected chi connectivity index (χ2v) is 5.70. The minimum Gasteiger partial charge on any atom is -0.509 e. The third-order valence-corrected chi connectivity index (χ3v) is 3.72. The Morgan fingerprint density at radius 3 is 2.33 bits per heavy atom. The lowest BCUT2D eigenvalue weighted by Crippen LogP contribution is -2.38. The predicted octanol–water partition coefficient (Wildman–Crippen LogP) is 3.48. The Kier molecular flexibility index (Phi) is 3.07. The molecular weight excluding hydrogens is 273 g/mol. The van der Waals surface area contributed by atoms with Crippen LogP contribution < -0.4 is 5.32 Å². The molecule has 2 N–H and O–H groups in total. The lowest BCUT2D eigenvalue weighted by molar-refractivity contribution is -0.115. The van der Waals surface area contributed by atoms with Crippen molar-refractivity contribution in [3.05, 3.63) is 39.1 Å². The Morgan fingerprint density at radius 2 is 1.83 bits per heavy atom. The number of rotatable bonds is 1. The van der Waals surface area contributed by atoms with E-state index < -0.39 is 5.54 Å². The van der Waals surface area contributed by atoms with E-state index in [1.165, 1.54) is 0 Å². The summed E-state index contributed by atoms with van der Waals surface area (Å²) in [6.45, 7) is 5.26. The summed E-state index contributed by atoms with van der Waals surface area (Å²) < 4.78 is 0. The summed E-state index contributed by atoms with van der Waals surface area (Å²) in [5, 5.41) is 13.7. The van der Waals surface area contributed by atoms with Crippen LogP contribution in [0.15, 0.2) is 17.9 Å². The van der Waals surface area contributed by atoms with E-state index in [0.717, 1.165) is 5.56 Å². The van der Waals surface area contributed by atoms with Gasteiger partial charge in [0.2, 0.25) is 0 Å². The average molecular weight is 286 g/mol. The van der Waals surface area contributed by atoms with Gasteiger partial charge in [-0.15, -0.1) is 0 Å². The highest BCUT2D eigenvalue weighted by molar-refractivity contribution is 6.37. The van der Waals surface area contributed by atoms with Gasteiger partial charge in [0.1, 0.15) is 5.76 Å². The topological polar surface area (TPSA) is 49.3 Å². The number of carbonyl (C=O) groups excluding carboxylic acids is 1. The Bertz CT molecular complexity index is 577. The van der Waals surface area contributed by atoms with Crippen molar-refractivity contribution in [2.45, 2.75) is 26.3 Å². The van der Waals surface area contributed by atoms with Crippen molar-refractivity contribution >= 4 is 34.7 Å². The zero-order valence-electron chi connectivity index (χ0n) is 10.3. The van der Waals surface area contributed by atoms with E-state index in [-0.39, 0.29) is 17.2 Å². The quantitative estimate of drug-likeness (QED) is 0.830. The number of aryl methyl sites for hydroxylation is 1. The molecule has 0 aliphatic carbocycles. The lowest BCUT2D eigenvalue weighted by Gasteiger charge is -2.17. The molecule has 1 aromatic carbocycles. The van der Waals surface area contributed by atoms with Gasteiger partial charge in [0.05, 0.1) is 11.1 Å². The van der Waals surface area contributed by atoms with E-state index in [2.05, 4.69) is 5.32 Å². The standard InChI is InChI=1S/C13H13Cl2NO2/c1-6-4-9(15)7(5-8(6)14)10-11(17)13(2,3)16-12(10)18/h4-5,17H,1-3H3,(H,16,18). The third-order valence-electron chi connectivity index (χ3n) is 3.00. The first-order valence-electron chi connectivity index (χ1n) is 5.46. The molecule has 0 radical (unpaired) electrons. The molecular formula is C13H13Cl2NO2. The van der Waals surface area contributed by atoms with E-state index in [0.29, 0.717) is 15.6 Å². The number of hydrogen-bond acceptors (Lipinski definition) is 2. The minimum absolute atomic E-state index is 0.0191. The molecule has 5 heteroatoms. The molecule has 0 atom stereocenters. The number of aliphatic hydroxyl groups excluding tert-OH is 1. The highest BCUT2D eigenvalue weighted by Gasteiger charge is 2.39. The molecule has 1 aliphatic heterocycles. The first-order chi connectivity index (χ1) is 8.24. The van der Waals surface area contributed by atoms with Crippen molar-refractivity contribution in [2.24, 2.45) is 0 Å². The average Bonchev–Trinajstić information content (AvgIpc) is 2.43. The minimum atomic E-state index is -0.785. The monoisotopic (exact) mass is 285 g/mol. The van der Waals surface area contributed by atoms with Crippen LogP contribution in [0.2, 0.25) is 10.0 Å². The molecule has 1 aromatic rings. The van der Waals surface area contributed by atoms with Crippen molar-refractivity contribution in [3.8, 4) is 0 Å². The fourth-order valence-electron chi connectivity index (χ4n) is 1.91. The molecule has 1 amide bonds. The highest BCUT2D eigenvalue weighted by atomic mass is 35.5. The van der Waals surface area contributed by atoms with E-state index in [1.807, 2.05) is 6.92 Å². The van der Waals surface area contributed by atoms with Gasteiger partial charge in [0, 0.05) is 15.6 Å². The number of halogens is 2. The number of carbonyl (C=O) groups is 1. The second-order valence-electron chi connectivity index (χ2n) is 4.88. The highest BCUT2D eigenvalue weighted by Crippen LogP contribution is 2.36. The van der Waals surface area contributed by atoms with Crippen molar-refractivity contribution in [1.29, 1.82) is 0 Å². The van der Waals surface area contributed by atoms with Crippen LogP contribution in [0.3, 0.4) is 0 Å². The molecule has 0 fully saturated rings. The summed E-state index contributed by atoms with van der Waals surface area (Å²) in [6.07, 6.45) is 0. The van der Waals surface area contributed by atoms with Crippen LogP contribution >= 0.6 is 23.2 Å². The van der Waals surface area contributed by atoms with Crippen molar-refractivity contribution in [1.82, 2.24) is 5.32 Å². The maximum absolute atomic E-state index is 11.9. The molecule has 0 saturated carbocycles. The van der Waals surface area contributed by atoms with Gasteiger partial charge in [-0.3, -0.25) is 4.79 Å². The molecule has 96 valence electrons. The predicted molar refractivity (Wildman–Crippen MR) is 73.0 cm³/mol. The summed E-state index contributed by atoms with van der Waals surface area (Å²) >= 11 is 12.2. The molecule has 1 heterocycles. The largest absolute Gasteiger partial charge is 0.509 e. The molecule has 0 aromatic heterocycles. The first-order valence-corrected chi connectivity index (χ1v) is 6.22. The summed E-state index contributed by atoms with van der Waals surface area (Å²) in [5.74, 6) is -0.367. The van der Waals surface area contributed by atoms with Gasteiger partial charge in [-0.2, -0.15) is 0 Å². The van der Waals surface area contributed by atoms with Gasteiger partial charge >= 0.3 is 0 Å². The molecule has 2 rings (SSSR count). The van der Waals surface area contributed by atoms with Gasteiger partial charge in [-0.25, -0.2) is 0 Å². The summed E-state index contributed by atoms with van der Waals surface area (Å²) in [5.41, 5.74) is 0.676. The van der Waals surface area contributed by atoms with Crippen LogP contribution in [0.1, 0.15) is 25.0 Å². The van der Waals surface area contributed by atoms with E-state index in [9.17, 15) is 9.90 Å². The van der Waals surface area contributed by atoms with Crippen LogP contribution in [0.5, 0.6) is 0 Å². The second kappa shape index (κ2) is 4.18. The van der Waals surface area contributed by atoms with Gasteiger partial charge in [0.15, 0.2) is 0 Å². The van der Waals surface area contributed by atoms with Gasteiger partial charge in [-0.05, 0) is 38.5 Å². The smallest absolute Gasteiger partial charge is 0.256 e. The molecule has 0 saturated heterocycles. The van der Waals surface area contributed by atoms with Crippen molar-refractivity contribution in [2.75, 3.05) is 0 Å². The zero-order valence-corrected chi connectivity index (χ0v) is 11.8. The Labute approximate surface area is 115 Å². The number of hydrogen-bond donors (Lipinski definition) is 2. The summed E-state index contributed by atoms with van der Waals surface area (Å²) in [4.78, 5) is 11.9. The molecule has 18 heavy (non-hydrogen) atoms.